The van der Waals surface area contributed by atoms with Crippen LogP contribution in [0.5, 0.6) is 11.5 Å². The van der Waals surface area contributed by atoms with Crippen molar-refractivity contribution < 1.29 is 29.0 Å². The lowest BCUT2D eigenvalue weighted by molar-refractivity contribution is -0.150. The average Bonchev–Trinajstić information content (AvgIpc) is 2.44. The quantitative estimate of drug-likeness (QED) is 0.569. The average molecular weight is 280 g/mol. The van der Waals surface area contributed by atoms with Gasteiger partial charge in [-0.25, -0.2) is 4.79 Å². The number of hydrogen-bond donors (Lipinski definition) is 1. The summed E-state index contributed by atoms with van der Waals surface area (Å²) in [6.07, 6.45) is -0.0922. The largest absolute Gasteiger partial charge is 0.497 e. The fraction of sp³-hybridized carbons (Fsp3) is 0.357. The van der Waals surface area contributed by atoms with Crippen LogP contribution in [0.2, 0.25) is 0 Å². The van der Waals surface area contributed by atoms with E-state index in [0.717, 1.165) is 5.56 Å². The van der Waals surface area contributed by atoms with E-state index in [0.29, 0.717) is 17.9 Å². The molecular weight excluding hydrogens is 264 g/mol. The first-order valence-electron chi connectivity index (χ1n) is 5.96. The van der Waals surface area contributed by atoms with Crippen molar-refractivity contribution in [3.8, 4) is 11.5 Å². The molecule has 0 heterocycles. The maximum absolute atomic E-state index is 11.5. The van der Waals surface area contributed by atoms with Gasteiger partial charge in [0.25, 0.3) is 0 Å². The van der Waals surface area contributed by atoms with Crippen molar-refractivity contribution in [2.45, 2.75) is 19.3 Å². The number of Topliss-reactive ketones (excluding diaryl/α,β-unsaturated/α-hetero) is 2. The zero-order chi connectivity index (χ0) is 15.1. The van der Waals surface area contributed by atoms with Gasteiger partial charge in [0.05, 0.1) is 20.6 Å². The number of ether oxygens (including phenoxy) is 2. The van der Waals surface area contributed by atoms with E-state index in [1.54, 1.807) is 18.2 Å². The Morgan fingerprint density at radius 3 is 2.05 bits per heavy atom. The summed E-state index contributed by atoms with van der Waals surface area (Å²) in [5.74, 6) is -1.86. The van der Waals surface area contributed by atoms with E-state index < -0.39 is 24.0 Å². The normalized spacial score (nSPS) is 9.90. The topological polar surface area (TPSA) is 89.9 Å². The Balaban J connectivity index is 2.63. The van der Waals surface area contributed by atoms with Gasteiger partial charge in [-0.1, -0.05) is 0 Å². The molecule has 0 radical (unpaired) electrons. The molecule has 0 saturated heterocycles. The van der Waals surface area contributed by atoms with Crippen molar-refractivity contribution in [1.29, 1.82) is 0 Å². The van der Waals surface area contributed by atoms with Crippen molar-refractivity contribution >= 4 is 17.5 Å². The van der Waals surface area contributed by atoms with E-state index in [-0.39, 0.29) is 6.42 Å². The van der Waals surface area contributed by atoms with E-state index in [2.05, 4.69) is 0 Å². The van der Waals surface area contributed by atoms with Crippen LogP contribution < -0.4 is 9.47 Å². The molecule has 0 aliphatic carbocycles. The van der Waals surface area contributed by atoms with Crippen molar-refractivity contribution in [2.24, 2.45) is 0 Å². The summed E-state index contributed by atoms with van der Waals surface area (Å²) in [5, 5.41) is 8.42. The minimum atomic E-state index is -1.58. The Kier molecular flexibility index (Phi) is 5.71. The number of carboxylic acids is 1. The molecule has 20 heavy (non-hydrogen) atoms. The van der Waals surface area contributed by atoms with Gasteiger partial charge in [-0.3, -0.25) is 9.59 Å². The molecule has 1 N–H and O–H groups in total. The predicted octanol–water partition coefficient (Wildman–Crippen LogP) is 1.25. The predicted molar refractivity (Wildman–Crippen MR) is 70.1 cm³/mol. The summed E-state index contributed by atoms with van der Waals surface area (Å²) in [7, 11) is 3.05. The van der Waals surface area contributed by atoms with Crippen molar-refractivity contribution in [2.75, 3.05) is 14.2 Å². The van der Waals surface area contributed by atoms with Gasteiger partial charge in [-0.15, -0.1) is 0 Å². The summed E-state index contributed by atoms with van der Waals surface area (Å²) < 4.78 is 10.2. The molecular formula is C14H16O6. The number of ketones is 2. The fourth-order valence-corrected chi connectivity index (χ4v) is 1.64. The lowest BCUT2D eigenvalue weighted by atomic mass is 10.0. The first-order valence-corrected chi connectivity index (χ1v) is 5.96. The summed E-state index contributed by atoms with van der Waals surface area (Å²) in [6.45, 7) is 0. The number of aliphatic carboxylic acids is 1. The van der Waals surface area contributed by atoms with Crippen LogP contribution in [0.4, 0.5) is 0 Å². The van der Waals surface area contributed by atoms with Crippen LogP contribution in [0.25, 0.3) is 0 Å². The van der Waals surface area contributed by atoms with Gasteiger partial charge in [0.15, 0.2) is 0 Å². The Labute approximate surface area is 116 Å². The summed E-state index contributed by atoms with van der Waals surface area (Å²) in [6, 6.07) is 5.23. The zero-order valence-corrected chi connectivity index (χ0v) is 11.3. The highest BCUT2D eigenvalue weighted by Crippen LogP contribution is 2.23. The van der Waals surface area contributed by atoms with Crippen LogP contribution in [0.15, 0.2) is 18.2 Å². The minimum absolute atomic E-state index is 0.0926. The molecule has 0 amide bonds. The Morgan fingerprint density at radius 1 is 1.05 bits per heavy atom. The molecule has 1 rings (SSSR count). The number of methoxy groups -OCH3 is 2. The first kappa shape index (κ1) is 15.7. The number of carbonyl (C=O) groups is 3. The monoisotopic (exact) mass is 280 g/mol. The molecule has 0 unspecified atom stereocenters. The van der Waals surface area contributed by atoms with Crippen LogP contribution in [0, 0.1) is 0 Å². The van der Waals surface area contributed by atoms with E-state index in [9.17, 15) is 14.4 Å². The maximum atomic E-state index is 11.5. The van der Waals surface area contributed by atoms with Crippen molar-refractivity contribution in [1.82, 2.24) is 0 Å². The summed E-state index contributed by atoms with van der Waals surface area (Å²) in [4.78, 5) is 32.7. The van der Waals surface area contributed by atoms with Gasteiger partial charge in [-0.05, 0) is 24.1 Å². The van der Waals surface area contributed by atoms with E-state index in [1.807, 2.05) is 0 Å². The smallest absolute Gasteiger partial charge is 0.372 e. The second kappa shape index (κ2) is 7.28. The number of benzene rings is 1. The molecule has 0 bridgehead atoms. The minimum Gasteiger partial charge on any atom is -0.497 e. The fourth-order valence-electron chi connectivity index (χ4n) is 1.64. The van der Waals surface area contributed by atoms with Gasteiger partial charge < -0.3 is 14.6 Å². The Bertz CT molecular complexity index is 498. The van der Waals surface area contributed by atoms with Gasteiger partial charge >= 0.3 is 5.97 Å². The number of hydrogen-bond acceptors (Lipinski definition) is 5. The zero-order valence-electron chi connectivity index (χ0n) is 11.3. The van der Waals surface area contributed by atoms with Crippen LogP contribution in [0.3, 0.4) is 0 Å². The number of aryl methyl sites for hydroxylation is 1. The highest BCUT2D eigenvalue weighted by atomic mass is 16.5. The van der Waals surface area contributed by atoms with Gasteiger partial charge in [0.2, 0.25) is 5.78 Å². The van der Waals surface area contributed by atoms with Gasteiger partial charge in [-0.2, -0.15) is 0 Å². The molecule has 0 spiro atoms. The van der Waals surface area contributed by atoms with E-state index in [1.165, 1.54) is 14.2 Å². The molecule has 6 heteroatoms. The molecule has 0 aromatic heterocycles. The molecule has 0 saturated carbocycles. The third kappa shape index (κ3) is 4.72. The highest BCUT2D eigenvalue weighted by molar-refractivity contribution is 6.36. The van der Waals surface area contributed by atoms with Crippen LogP contribution in [0.1, 0.15) is 18.4 Å². The van der Waals surface area contributed by atoms with Crippen LogP contribution >= 0.6 is 0 Å². The Morgan fingerprint density at radius 2 is 1.60 bits per heavy atom. The van der Waals surface area contributed by atoms with Crippen molar-refractivity contribution in [3.05, 3.63) is 23.8 Å². The molecule has 1 aromatic carbocycles. The molecule has 0 aliphatic rings. The molecule has 0 fully saturated rings. The molecule has 0 aliphatic heterocycles. The van der Waals surface area contributed by atoms with Gasteiger partial charge in [0.1, 0.15) is 17.3 Å². The Hall–Kier alpha value is -2.37. The second-order valence-corrected chi connectivity index (χ2v) is 4.16. The second-order valence-electron chi connectivity index (χ2n) is 4.16. The highest BCUT2D eigenvalue weighted by Gasteiger charge is 2.16. The molecule has 1 aromatic rings. The summed E-state index contributed by atoms with van der Waals surface area (Å²) >= 11 is 0. The molecule has 6 nitrogen and oxygen atoms in total. The number of carboxylic acid groups (broad SMARTS) is 1. The molecule has 0 atom stereocenters. The standard InChI is InChI=1S/C14H16O6/c1-19-11-5-9(6-12(8-11)20-2)3-4-10(15)7-13(16)14(17)18/h5-6,8H,3-4,7H2,1-2H3,(H,17,18). The van der Waals surface area contributed by atoms with Crippen LogP contribution in [-0.4, -0.2) is 36.9 Å². The lowest BCUT2D eigenvalue weighted by Gasteiger charge is -2.08. The van der Waals surface area contributed by atoms with Gasteiger partial charge in [0, 0.05) is 12.5 Å². The first-order chi connectivity index (χ1) is 9.46. The van der Waals surface area contributed by atoms with Crippen molar-refractivity contribution in [3.63, 3.8) is 0 Å². The lowest BCUT2D eigenvalue weighted by Crippen LogP contribution is -2.17. The maximum Gasteiger partial charge on any atom is 0.372 e. The third-order valence-corrected chi connectivity index (χ3v) is 2.70. The van der Waals surface area contributed by atoms with E-state index >= 15 is 0 Å². The number of carbonyl (C=O) groups excluding carboxylic acids is 2. The molecule has 108 valence electrons. The van der Waals surface area contributed by atoms with E-state index in [4.69, 9.17) is 14.6 Å². The summed E-state index contributed by atoms with van der Waals surface area (Å²) in [5.41, 5.74) is 0.817. The third-order valence-electron chi connectivity index (χ3n) is 2.70. The SMILES string of the molecule is COc1cc(CCC(=O)CC(=O)C(=O)O)cc(OC)c1. The number of rotatable bonds is 8. The van der Waals surface area contributed by atoms with Crippen LogP contribution in [-0.2, 0) is 20.8 Å².